The van der Waals surface area contributed by atoms with E-state index in [4.69, 9.17) is 0 Å². The molecule has 3 nitrogen and oxygen atoms in total. The second kappa shape index (κ2) is 5.85. The Bertz CT molecular complexity index is 196. The fourth-order valence-corrected chi connectivity index (χ4v) is 1.02. The lowest BCUT2D eigenvalue weighted by atomic mass is 10.6. The summed E-state index contributed by atoms with van der Waals surface area (Å²) < 4.78 is 0. The minimum Gasteiger partial charge on any atom is -0.353 e. The zero-order valence-electron chi connectivity index (χ0n) is 6.92. The third kappa shape index (κ3) is 3.13. The highest BCUT2D eigenvalue weighted by molar-refractivity contribution is 7.11. The van der Waals surface area contributed by atoms with Crippen LogP contribution in [0.15, 0.2) is 11.6 Å². The molecule has 0 unspecified atom stereocenters. The van der Waals surface area contributed by atoms with Gasteiger partial charge in [-0.2, -0.15) is 0 Å². The molecular weight excluding hydrogens is 160 g/mol. The minimum atomic E-state index is -0.120. The molecule has 1 N–H and O–H groups in total. The van der Waals surface area contributed by atoms with E-state index >= 15 is 0 Å². The van der Waals surface area contributed by atoms with Crippen molar-refractivity contribution in [3.63, 3.8) is 0 Å². The molecule has 1 amide bonds. The number of hydrogen-bond acceptors (Lipinski definition) is 3. The quantitative estimate of drug-likeness (QED) is 0.698. The summed E-state index contributed by atoms with van der Waals surface area (Å²) in [6.07, 6.45) is 1.61. The van der Waals surface area contributed by atoms with Gasteiger partial charge in [-0.3, -0.25) is 4.79 Å². The molecule has 1 rings (SSSR count). The molecule has 0 atom stereocenters. The maximum Gasteiger partial charge on any atom is 0.280 e. The zero-order chi connectivity index (χ0) is 8.69. The van der Waals surface area contributed by atoms with Crippen molar-refractivity contribution < 1.29 is 4.79 Å². The molecule has 11 heavy (non-hydrogen) atoms. The van der Waals surface area contributed by atoms with Gasteiger partial charge in [-0.15, -0.1) is 11.3 Å². The van der Waals surface area contributed by atoms with E-state index in [1.165, 1.54) is 11.3 Å². The number of amides is 1. The molecule has 0 radical (unpaired) electrons. The van der Waals surface area contributed by atoms with Crippen molar-refractivity contribution in [3.8, 4) is 0 Å². The summed E-state index contributed by atoms with van der Waals surface area (Å²) in [4.78, 5) is 14.5. The Hall–Kier alpha value is -0.900. The maximum absolute atomic E-state index is 10.7. The second-order valence-corrected chi connectivity index (χ2v) is 2.31. The third-order valence-electron chi connectivity index (χ3n) is 0.854. The van der Waals surface area contributed by atoms with E-state index in [1.54, 1.807) is 18.6 Å². The highest BCUT2D eigenvalue weighted by atomic mass is 32.1. The molecule has 0 spiro atoms. The Balaban J connectivity index is 0.000000461. The summed E-state index contributed by atoms with van der Waals surface area (Å²) in [5, 5.41) is 4.76. The lowest BCUT2D eigenvalue weighted by Crippen LogP contribution is -2.17. The van der Waals surface area contributed by atoms with Gasteiger partial charge in [-0.1, -0.05) is 13.8 Å². The van der Waals surface area contributed by atoms with E-state index in [1.807, 2.05) is 13.8 Å². The zero-order valence-corrected chi connectivity index (χ0v) is 7.73. The number of thiazole rings is 1. The highest BCUT2D eigenvalue weighted by Gasteiger charge is 2.02. The first-order chi connectivity index (χ1) is 5.34. The first kappa shape index (κ1) is 10.1. The SMILES string of the molecule is CC.CNC(=O)c1nccs1. The number of rotatable bonds is 1. The molecule has 0 bridgehead atoms. The van der Waals surface area contributed by atoms with Crippen LogP contribution in [0.4, 0.5) is 0 Å². The van der Waals surface area contributed by atoms with E-state index < -0.39 is 0 Å². The van der Waals surface area contributed by atoms with Crippen LogP contribution in [0.3, 0.4) is 0 Å². The van der Waals surface area contributed by atoms with Gasteiger partial charge in [0, 0.05) is 18.6 Å². The molecule has 0 saturated carbocycles. The molecule has 1 heterocycles. The third-order valence-corrected chi connectivity index (χ3v) is 1.63. The van der Waals surface area contributed by atoms with Gasteiger partial charge in [-0.25, -0.2) is 4.98 Å². The van der Waals surface area contributed by atoms with Gasteiger partial charge in [0.15, 0.2) is 5.01 Å². The highest BCUT2D eigenvalue weighted by Crippen LogP contribution is 2.01. The average molecular weight is 172 g/mol. The van der Waals surface area contributed by atoms with Gasteiger partial charge in [0.05, 0.1) is 0 Å². The van der Waals surface area contributed by atoms with Crippen LogP contribution in [0.2, 0.25) is 0 Å². The summed E-state index contributed by atoms with van der Waals surface area (Å²) >= 11 is 1.33. The lowest BCUT2D eigenvalue weighted by Gasteiger charge is -1.89. The molecule has 0 saturated heterocycles. The van der Waals surface area contributed by atoms with Crippen LogP contribution in [0, 0.1) is 0 Å². The van der Waals surface area contributed by atoms with Crippen LogP contribution in [-0.4, -0.2) is 17.9 Å². The Kier molecular flexibility index (Phi) is 5.37. The minimum absolute atomic E-state index is 0.120. The standard InChI is InChI=1S/C5H6N2OS.C2H6/c1-6-4(8)5-7-2-3-9-5;1-2/h2-3H,1H3,(H,6,8);1-2H3. The molecular formula is C7H12N2OS. The average Bonchev–Trinajstić information content (AvgIpc) is 2.59. The molecule has 0 aliphatic carbocycles. The molecule has 0 aliphatic rings. The van der Waals surface area contributed by atoms with Crippen LogP contribution in [0.25, 0.3) is 0 Å². The van der Waals surface area contributed by atoms with Crippen LogP contribution < -0.4 is 5.32 Å². The molecule has 1 aromatic rings. The topological polar surface area (TPSA) is 42.0 Å². The van der Waals surface area contributed by atoms with Crippen LogP contribution >= 0.6 is 11.3 Å². The lowest BCUT2D eigenvalue weighted by molar-refractivity contribution is 0.0962. The van der Waals surface area contributed by atoms with Gasteiger partial charge < -0.3 is 5.32 Å². The van der Waals surface area contributed by atoms with Crippen molar-refractivity contribution in [2.45, 2.75) is 13.8 Å². The monoisotopic (exact) mass is 172 g/mol. The summed E-state index contributed by atoms with van der Waals surface area (Å²) in [5.41, 5.74) is 0. The van der Waals surface area contributed by atoms with Gasteiger partial charge in [0.25, 0.3) is 5.91 Å². The van der Waals surface area contributed by atoms with Crippen molar-refractivity contribution in [1.29, 1.82) is 0 Å². The smallest absolute Gasteiger partial charge is 0.280 e. The Labute approximate surface area is 70.5 Å². The summed E-state index contributed by atoms with van der Waals surface area (Å²) in [6.45, 7) is 4.00. The van der Waals surface area contributed by atoms with E-state index in [9.17, 15) is 4.79 Å². The van der Waals surface area contributed by atoms with Crippen LogP contribution in [-0.2, 0) is 0 Å². The second-order valence-electron chi connectivity index (χ2n) is 1.42. The van der Waals surface area contributed by atoms with E-state index in [0.29, 0.717) is 5.01 Å². The number of carbonyl (C=O) groups excluding carboxylic acids is 1. The molecule has 62 valence electrons. The van der Waals surface area contributed by atoms with E-state index in [-0.39, 0.29) is 5.91 Å². The Morgan fingerprint density at radius 3 is 2.64 bits per heavy atom. The van der Waals surface area contributed by atoms with Gasteiger partial charge >= 0.3 is 0 Å². The molecule has 0 aromatic carbocycles. The van der Waals surface area contributed by atoms with Gasteiger partial charge in [0.2, 0.25) is 0 Å². The number of hydrogen-bond donors (Lipinski definition) is 1. The number of aromatic nitrogens is 1. The van der Waals surface area contributed by atoms with Crippen molar-refractivity contribution >= 4 is 17.2 Å². The summed E-state index contributed by atoms with van der Waals surface area (Å²) in [6, 6.07) is 0. The number of nitrogens with one attached hydrogen (secondary N) is 1. The summed E-state index contributed by atoms with van der Waals surface area (Å²) in [5.74, 6) is -0.120. The number of nitrogens with zero attached hydrogens (tertiary/aromatic N) is 1. The number of carbonyl (C=O) groups is 1. The van der Waals surface area contributed by atoms with Crippen LogP contribution in [0.1, 0.15) is 23.6 Å². The fraction of sp³-hybridized carbons (Fsp3) is 0.429. The van der Waals surface area contributed by atoms with Crippen LogP contribution in [0.5, 0.6) is 0 Å². The predicted molar refractivity (Wildman–Crippen MR) is 46.9 cm³/mol. The van der Waals surface area contributed by atoms with Crippen molar-refractivity contribution in [3.05, 3.63) is 16.6 Å². The van der Waals surface area contributed by atoms with Crippen molar-refractivity contribution in [1.82, 2.24) is 10.3 Å². The van der Waals surface area contributed by atoms with E-state index in [2.05, 4.69) is 10.3 Å². The Morgan fingerprint density at radius 1 is 1.64 bits per heavy atom. The predicted octanol–water partition coefficient (Wildman–Crippen LogP) is 1.53. The normalized spacial score (nSPS) is 7.91. The van der Waals surface area contributed by atoms with Crippen molar-refractivity contribution in [2.24, 2.45) is 0 Å². The first-order valence-corrected chi connectivity index (χ1v) is 4.34. The maximum atomic E-state index is 10.7. The molecule has 4 heteroatoms. The van der Waals surface area contributed by atoms with E-state index in [0.717, 1.165) is 0 Å². The molecule has 0 fully saturated rings. The first-order valence-electron chi connectivity index (χ1n) is 3.46. The fourth-order valence-electron chi connectivity index (χ4n) is 0.443. The van der Waals surface area contributed by atoms with Gasteiger partial charge in [-0.05, 0) is 0 Å². The Morgan fingerprint density at radius 2 is 2.27 bits per heavy atom. The van der Waals surface area contributed by atoms with Crippen molar-refractivity contribution in [2.75, 3.05) is 7.05 Å². The largest absolute Gasteiger partial charge is 0.353 e. The molecule has 0 aliphatic heterocycles. The molecule has 1 aromatic heterocycles. The van der Waals surface area contributed by atoms with Gasteiger partial charge in [0.1, 0.15) is 0 Å². The summed E-state index contributed by atoms with van der Waals surface area (Å²) in [7, 11) is 1.59.